The average Bonchev–Trinajstić information content (AvgIpc) is 2.73. The summed E-state index contributed by atoms with van der Waals surface area (Å²) in [7, 11) is 0. The van der Waals surface area contributed by atoms with E-state index in [1.165, 1.54) is 24.3 Å². The summed E-state index contributed by atoms with van der Waals surface area (Å²) in [4.78, 5) is 8.73. The molecule has 1 atom stereocenters. The van der Waals surface area contributed by atoms with Gasteiger partial charge in [-0.25, -0.2) is 4.98 Å². The zero-order valence-electron chi connectivity index (χ0n) is 17.9. The highest BCUT2D eigenvalue weighted by atomic mass is 79.9. The van der Waals surface area contributed by atoms with E-state index in [1.54, 1.807) is 6.07 Å². The Morgan fingerprint density at radius 2 is 1.74 bits per heavy atom. The van der Waals surface area contributed by atoms with E-state index in [0.29, 0.717) is 11.3 Å². The first-order valence-electron chi connectivity index (χ1n) is 9.99. The van der Waals surface area contributed by atoms with Gasteiger partial charge in [-0.05, 0) is 59.6 Å². The summed E-state index contributed by atoms with van der Waals surface area (Å²) in [5, 5.41) is 6.02. The quantitative estimate of drug-likeness (QED) is 0.295. The molecule has 0 bridgehead atoms. The Hall–Kier alpha value is -3.02. The molecule has 2 N–H and O–H groups in total. The van der Waals surface area contributed by atoms with Crippen LogP contribution < -0.4 is 15.4 Å². The van der Waals surface area contributed by atoms with Crippen molar-refractivity contribution in [3.05, 3.63) is 58.6 Å². The zero-order valence-corrected chi connectivity index (χ0v) is 19.4. The van der Waals surface area contributed by atoms with Gasteiger partial charge in [-0.2, -0.15) is 18.2 Å². The van der Waals surface area contributed by atoms with Crippen molar-refractivity contribution in [2.45, 2.75) is 38.8 Å². The first-order valence-corrected chi connectivity index (χ1v) is 10.8. The maximum atomic E-state index is 13.0. The number of rotatable bonds is 7. The third kappa shape index (κ3) is 6.99. The lowest BCUT2D eigenvalue weighted by atomic mass is 10.1. The highest BCUT2D eigenvalue weighted by Gasteiger charge is 2.32. The van der Waals surface area contributed by atoms with Gasteiger partial charge in [0.2, 0.25) is 5.95 Å². The summed E-state index contributed by atoms with van der Waals surface area (Å²) in [6, 6.07) is 9.84. The summed E-state index contributed by atoms with van der Waals surface area (Å²) in [6.07, 6.45) is -8.61. The predicted molar refractivity (Wildman–Crippen MR) is 120 cm³/mol. The molecule has 1 heterocycles. The molecule has 1 aromatic heterocycles. The molecule has 2 aromatic carbocycles. The molecule has 3 aromatic rings. The van der Waals surface area contributed by atoms with Gasteiger partial charge in [-0.3, -0.25) is 0 Å². The maximum absolute atomic E-state index is 13.0. The van der Waals surface area contributed by atoms with Gasteiger partial charge in [0.1, 0.15) is 11.6 Å². The molecule has 34 heavy (non-hydrogen) atoms. The molecule has 182 valence electrons. The number of benzene rings is 2. The van der Waals surface area contributed by atoms with Crippen LogP contribution in [0.4, 0.5) is 43.8 Å². The number of hydrogen-bond donors (Lipinski definition) is 2. The van der Waals surface area contributed by atoms with Crippen LogP contribution in [0.3, 0.4) is 0 Å². The van der Waals surface area contributed by atoms with Crippen molar-refractivity contribution < 1.29 is 31.1 Å². The largest absolute Gasteiger partial charge is 0.573 e. The minimum atomic E-state index is -4.85. The fraction of sp³-hybridized carbons (Fsp3) is 0.273. The van der Waals surface area contributed by atoms with Crippen molar-refractivity contribution >= 4 is 33.4 Å². The summed E-state index contributed by atoms with van der Waals surface area (Å²) in [5.74, 6) is -0.00188. The Kier molecular flexibility index (Phi) is 7.59. The van der Waals surface area contributed by atoms with Crippen LogP contribution in [0.1, 0.15) is 25.8 Å². The second-order valence-electron chi connectivity index (χ2n) is 7.31. The van der Waals surface area contributed by atoms with Crippen LogP contribution in [0.15, 0.2) is 53.0 Å². The van der Waals surface area contributed by atoms with Gasteiger partial charge in [0, 0.05) is 22.1 Å². The second-order valence-corrected chi connectivity index (χ2v) is 8.16. The molecule has 0 aliphatic rings. The normalized spacial score (nSPS) is 12.9. The Labute approximate surface area is 199 Å². The third-order valence-corrected chi connectivity index (χ3v) is 5.29. The van der Waals surface area contributed by atoms with E-state index >= 15 is 0 Å². The standard InChI is InChI=1S/C22H19BrF6N4O/c1-3-12(2)30-20-32-18(13-5-4-6-15(9-13)34-22(27,28)29)11-19(33-20)31-17-8-7-14(10-16(17)23)21(24,25)26/h4-12H,3H2,1-2H3,(H2,30,31,32,33)/t12-/m0/s1. The number of alkyl halides is 6. The highest BCUT2D eigenvalue weighted by molar-refractivity contribution is 9.10. The molecular weight excluding hydrogens is 530 g/mol. The fourth-order valence-corrected chi connectivity index (χ4v) is 3.31. The van der Waals surface area contributed by atoms with E-state index < -0.39 is 23.9 Å². The summed E-state index contributed by atoms with van der Waals surface area (Å²) in [5.41, 5.74) is 0.0834. The number of hydrogen-bond acceptors (Lipinski definition) is 5. The fourth-order valence-electron chi connectivity index (χ4n) is 2.83. The highest BCUT2D eigenvalue weighted by Crippen LogP contribution is 2.35. The van der Waals surface area contributed by atoms with Crippen LogP contribution in [-0.4, -0.2) is 22.4 Å². The van der Waals surface area contributed by atoms with Crippen molar-refractivity contribution in [2.24, 2.45) is 0 Å². The van der Waals surface area contributed by atoms with E-state index in [9.17, 15) is 26.3 Å². The van der Waals surface area contributed by atoms with Gasteiger partial charge < -0.3 is 15.4 Å². The molecule has 0 radical (unpaired) electrons. The lowest BCUT2D eigenvalue weighted by molar-refractivity contribution is -0.274. The molecule has 0 unspecified atom stereocenters. The monoisotopic (exact) mass is 548 g/mol. The van der Waals surface area contributed by atoms with Gasteiger partial charge in [-0.15, -0.1) is 13.2 Å². The molecule has 0 saturated heterocycles. The molecule has 5 nitrogen and oxygen atoms in total. The average molecular weight is 549 g/mol. The maximum Gasteiger partial charge on any atom is 0.573 e. The molecule has 0 aliphatic heterocycles. The summed E-state index contributed by atoms with van der Waals surface area (Å²) in [6.45, 7) is 3.84. The van der Waals surface area contributed by atoms with E-state index in [-0.39, 0.29) is 28.0 Å². The van der Waals surface area contributed by atoms with Crippen LogP contribution >= 0.6 is 15.9 Å². The molecule has 3 rings (SSSR count). The minimum Gasteiger partial charge on any atom is -0.406 e. The van der Waals surface area contributed by atoms with Crippen LogP contribution in [0.5, 0.6) is 5.75 Å². The molecule has 0 spiro atoms. The molecular formula is C22H19BrF6N4O. The van der Waals surface area contributed by atoms with Crippen molar-refractivity contribution in [1.29, 1.82) is 0 Å². The van der Waals surface area contributed by atoms with E-state index in [2.05, 4.69) is 41.3 Å². The predicted octanol–water partition coefficient (Wildman–Crippen LogP) is 7.78. The van der Waals surface area contributed by atoms with Crippen LogP contribution in [0.2, 0.25) is 0 Å². The molecule has 0 amide bonds. The lowest BCUT2D eigenvalue weighted by Crippen LogP contribution is -2.17. The molecule has 12 heteroatoms. The number of anilines is 3. The van der Waals surface area contributed by atoms with Crippen molar-refractivity contribution in [1.82, 2.24) is 9.97 Å². The van der Waals surface area contributed by atoms with Gasteiger partial charge in [0.05, 0.1) is 16.9 Å². The Morgan fingerprint density at radius 3 is 2.35 bits per heavy atom. The lowest BCUT2D eigenvalue weighted by Gasteiger charge is -2.16. The van der Waals surface area contributed by atoms with Gasteiger partial charge >= 0.3 is 12.5 Å². The number of aromatic nitrogens is 2. The van der Waals surface area contributed by atoms with Crippen molar-refractivity contribution in [2.75, 3.05) is 10.6 Å². The zero-order chi connectivity index (χ0) is 25.1. The number of halogens is 7. The smallest absolute Gasteiger partial charge is 0.406 e. The number of ether oxygens (including phenoxy) is 1. The van der Waals surface area contributed by atoms with Crippen molar-refractivity contribution in [3.63, 3.8) is 0 Å². The molecule has 0 fully saturated rings. The SMILES string of the molecule is CC[C@H](C)Nc1nc(Nc2ccc(C(F)(F)F)cc2Br)cc(-c2cccc(OC(F)(F)F)c2)n1. The summed E-state index contributed by atoms with van der Waals surface area (Å²) >= 11 is 3.12. The first-order chi connectivity index (χ1) is 15.8. The molecule has 0 aliphatic carbocycles. The number of nitrogens with one attached hydrogen (secondary N) is 2. The van der Waals surface area contributed by atoms with E-state index in [1.807, 2.05) is 13.8 Å². The third-order valence-electron chi connectivity index (χ3n) is 4.64. The van der Waals surface area contributed by atoms with E-state index in [4.69, 9.17) is 0 Å². The topological polar surface area (TPSA) is 59.1 Å². The van der Waals surface area contributed by atoms with Crippen molar-refractivity contribution in [3.8, 4) is 17.0 Å². The van der Waals surface area contributed by atoms with Crippen LogP contribution in [-0.2, 0) is 6.18 Å². The Balaban J connectivity index is 2.00. The number of nitrogens with zero attached hydrogens (tertiary/aromatic N) is 2. The van der Waals surface area contributed by atoms with Crippen LogP contribution in [0.25, 0.3) is 11.3 Å². The second kappa shape index (κ2) is 10.1. The summed E-state index contributed by atoms with van der Waals surface area (Å²) < 4.78 is 80.9. The van der Waals surface area contributed by atoms with Gasteiger partial charge in [-0.1, -0.05) is 19.1 Å². The van der Waals surface area contributed by atoms with Gasteiger partial charge in [0.25, 0.3) is 0 Å². The minimum absolute atomic E-state index is 0.0131. The first kappa shape index (κ1) is 25.6. The van der Waals surface area contributed by atoms with Gasteiger partial charge in [0.15, 0.2) is 0 Å². The molecule has 0 saturated carbocycles. The van der Waals surface area contributed by atoms with E-state index in [0.717, 1.165) is 24.6 Å². The Morgan fingerprint density at radius 1 is 1.00 bits per heavy atom. The van der Waals surface area contributed by atoms with Crippen LogP contribution in [0, 0.1) is 0 Å². The Bertz CT molecular complexity index is 1150.